The summed E-state index contributed by atoms with van der Waals surface area (Å²) in [4.78, 5) is 69.6. The van der Waals surface area contributed by atoms with Gasteiger partial charge in [-0.05, 0) is 36.4 Å². The SMILES string of the molecule is C=CC(=O)OCOC(=O)Oc1ccc(COOc2ccc3c(c2)OC2C(Oc4cc(OC(=O)c5ccc(OC(=O)OCOC(=O)C=C)cc5F)ccc4C2(C)C)C3(C)C)c(F)c1. The summed E-state index contributed by atoms with van der Waals surface area (Å²) in [6, 6.07) is 16.5. The van der Waals surface area contributed by atoms with Gasteiger partial charge < -0.3 is 47.5 Å². The second kappa shape index (κ2) is 18.4. The maximum Gasteiger partial charge on any atom is 0.516 e. The molecule has 2 aliphatic rings. The highest BCUT2D eigenvalue weighted by Crippen LogP contribution is 2.53. The van der Waals surface area contributed by atoms with Gasteiger partial charge in [0.05, 0.1) is 5.56 Å². The highest BCUT2D eigenvalue weighted by molar-refractivity contribution is 5.91. The van der Waals surface area contributed by atoms with Crippen LogP contribution in [0.5, 0.6) is 34.5 Å². The summed E-state index contributed by atoms with van der Waals surface area (Å²) in [6.07, 6.45) is -1.81. The predicted molar refractivity (Wildman–Crippen MR) is 207 cm³/mol. The van der Waals surface area contributed by atoms with Crippen LogP contribution in [0, 0.1) is 11.6 Å². The van der Waals surface area contributed by atoms with Crippen LogP contribution in [0.15, 0.2) is 98.1 Å². The number of rotatable bonds is 14. The van der Waals surface area contributed by atoms with Crippen molar-refractivity contribution >= 4 is 30.2 Å². The van der Waals surface area contributed by atoms with Gasteiger partial charge in [0.25, 0.3) is 0 Å². The molecule has 0 saturated carbocycles. The third-order valence-corrected chi connectivity index (χ3v) is 9.76. The first-order valence-electron chi connectivity index (χ1n) is 18.5. The molecule has 4 aromatic rings. The average molecular weight is 861 g/mol. The molecule has 62 heavy (non-hydrogen) atoms. The summed E-state index contributed by atoms with van der Waals surface area (Å²) in [7, 11) is 0. The van der Waals surface area contributed by atoms with Crippen LogP contribution in [-0.4, -0.2) is 56.0 Å². The van der Waals surface area contributed by atoms with E-state index in [1.165, 1.54) is 12.1 Å². The molecule has 6 rings (SSSR count). The first-order chi connectivity index (χ1) is 29.5. The Morgan fingerprint density at radius 1 is 0.613 bits per heavy atom. The molecule has 0 bridgehead atoms. The quantitative estimate of drug-likeness (QED) is 0.0226. The molecule has 4 aromatic carbocycles. The Labute approximate surface area is 352 Å². The van der Waals surface area contributed by atoms with Crippen molar-refractivity contribution in [2.75, 3.05) is 13.6 Å². The fourth-order valence-corrected chi connectivity index (χ4v) is 6.53. The number of carbonyl (C=O) groups excluding carboxylic acids is 5. The lowest BCUT2D eigenvalue weighted by Crippen LogP contribution is -2.61. The van der Waals surface area contributed by atoms with Crippen molar-refractivity contribution in [3.05, 3.63) is 132 Å². The fourth-order valence-electron chi connectivity index (χ4n) is 6.53. The maximum absolute atomic E-state index is 15.0. The van der Waals surface area contributed by atoms with Crippen molar-refractivity contribution in [2.24, 2.45) is 0 Å². The van der Waals surface area contributed by atoms with Gasteiger partial charge in [-0.3, -0.25) is 0 Å². The van der Waals surface area contributed by atoms with Gasteiger partial charge in [-0.1, -0.05) is 53.0 Å². The van der Waals surface area contributed by atoms with Gasteiger partial charge >= 0.3 is 30.2 Å². The van der Waals surface area contributed by atoms with Gasteiger partial charge in [0.15, 0.2) is 5.75 Å². The normalized spacial score (nSPS) is 16.2. The van der Waals surface area contributed by atoms with Gasteiger partial charge in [0, 0.05) is 63.9 Å². The Morgan fingerprint density at radius 3 is 1.60 bits per heavy atom. The van der Waals surface area contributed by atoms with Crippen molar-refractivity contribution in [1.82, 2.24) is 0 Å². The third kappa shape index (κ3) is 9.93. The van der Waals surface area contributed by atoms with Gasteiger partial charge in [0.2, 0.25) is 13.6 Å². The van der Waals surface area contributed by atoms with Crippen LogP contribution in [0.3, 0.4) is 0 Å². The molecule has 2 aliphatic heterocycles. The second-order valence-electron chi connectivity index (χ2n) is 14.5. The van der Waals surface area contributed by atoms with E-state index in [1.807, 2.05) is 27.7 Å². The molecule has 0 radical (unpaired) electrons. The molecule has 16 nitrogen and oxygen atoms in total. The van der Waals surface area contributed by atoms with Crippen LogP contribution in [0.1, 0.15) is 54.7 Å². The molecule has 2 heterocycles. The lowest BCUT2D eigenvalue weighted by molar-refractivity contribution is -0.218. The van der Waals surface area contributed by atoms with Gasteiger partial charge in [-0.2, -0.15) is 4.89 Å². The molecule has 2 unspecified atom stereocenters. The van der Waals surface area contributed by atoms with Crippen LogP contribution >= 0.6 is 0 Å². The molecule has 18 heteroatoms. The second-order valence-corrected chi connectivity index (χ2v) is 14.5. The van der Waals surface area contributed by atoms with Crippen molar-refractivity contribution < 1.29 is 85.2 Å². The van der Waals surface area contributed by atoms with E-state index in [1.54, 1.807) is 36.4 Å². The minimum Gasteiger partial charge on any atom is -0.485 e. The molecule has 2 atom stereocenters. The van der Waals surface area contributed by atoms with Crippen molar-refractivity contribution in [2.45, 2.75) is 57.3 Å². The Morgan fingerprint density at radius 2 is 1.08 bits per heavy atom. The highest BCUT2D eigenvalue weighted by atomic mass is 19.1. The molecule has 0 spiro atoms. The van der Waals surface area contributed by atoms with E-state index in [4.69, 9.17) is 33.5 Å². The molecule has 0 amide bonds. The molecular formula is C44H38F2O16. The summed E-state index contributed by atoms with van der Waals surface area (Å²) in [5, 5.41) is 0. The number of carbonyl (C=O) groups is 5. The standard InChI is InChI=1S/C44H38F2O16/c1-7-36(47)52-22-54-41(50)58-25-10-9-24(32(45)17-25)21-56-62-28-13-16-31-35(20-28)61-39-38(44(31,5)6)60-34-19-27(12-15-30(34)43(39,3)4)57-40(49)29-14-11-26(18-33(29)46)59-42(51)55-23-53-37(48)8-2/h7-20,38-39H,1-2,21-23H2,3-6H3. The summed E-state index contributed by atoms with van der Waals surface area (Å²) in [6.45, 7) is 12.6. The van der Waals surface area contributed by atoms with Crippen LogP contribution in [0.2, 0.25) is 0 Å². The Hall–Kier alpha value is -7.47. The number of hydrogen-bond donors (Lipinski definition) is 0. The number of hydrogen-bond acceptors (Lipinski definition) is 16. The summed E-state index contributed by atoms with van der Waals surface area (Å²) in [5.74, 6) is -3.64. The van der Waals surface area contributed by atoms with E-state index in [0.29, 0.717) is 11.5 Å². The summed E-state index contributed by atoms with van der Waals surface area (Å²) >= 11 is 0. The van der Waals surface area contributed by atoms with E-state index in [9.17, 15) is 32.8 Å². The topological polar surface area (TPSA) is 187 Å². The first-order valence-corrected chi connectivity index (χ1v) is 18.5. The number of esters is 3. The smallest absolute Gasteiger partial charge is 0.485 e. The highest BCUT2D eigenvalue weighted by Gasteiger charge is 2.55. The van der Waals surface area contributed by atoms with Gasteiger partial charge in [0.1, 0.15) is 59.2 Å². The van der Waals surface area contributed by atoms with Crippen LogP contribution in [0.4, 0.5) is 18.4 Å². The number of ether oxygens (including phenoxy) is 9. The Bertz CT molecular complexity index is 2430. The zero-order chi connectivity index (χ0) is 44.8. The minimum absolute atomic E-state index is 0.0756. The minimum atomic E-state index is -1.28. The first kappa shape index (κ1) is 44.1. The van der Waals surface area contributed by atoms with E-state index in [-0.39, 0.29) is 35.2 Å². The number of fused-ring (bicyclic) bond motifs is 3. The largest absolute Gasteiger partial charge is 0.516 e. The Kier molecular flexibility index (Phi) is 13.1. The summed E-state index contributed by atoms with van der Waals surface area (Å²) < 4.78 is 76.4. The van der Waals surface area contributed by atoms with Crippen molar-refractivity contribution in [3.8, 4) is 34.5 Å². The van der Waals surface area contributed by atoms with Crippen molar-refractivity contribution in [1.29, 1.82) is 0 Å². The van der Waals surface area contributed by atoms with Crippen LogP contribution in [-0.2, 0) is 50.9 Å². The molecule has 0 aromatic heterocycles. The third-order valence-electron chi connectivity index (χ3n) is 9.76. The molecule has 0 fully saturated rings. The summed E-state index contributed by atoms with van der Waals surface area (Å²) in [5.41, 5.74) is -0.136. The lowest BCUT2D eigenvalue weighted by Gasteiger charge is -2.53. The van der Waals surface area contributed by atoms with Crippen LogP contribution < -0.4 is 28.6 Å². The molecule has 0 aliphatic carbocycles. The van der Waals surface area contributed by atoms with E-state index < -0.39 is 84.0 Å². The van der Waals surface area contributed by atoms with E-state index in [0.717, 1.165) is 47.5 Å². The maximum atomic E-state index is 15.0. The van der Waals surface area contributed by atoms with E-state index >= 15 is 0 Å². The van der Waals surface area contributed by atoms with Gasteiger partial charge in [-0.25, -0.2) is 32.8 Å². The molecule has 324 valence electrons. The lowest BCUT2D eigenvalue weighted by atomic mass is 9.65. The molecule has 0 N–H and O–H groups in total. The van der Waals surface area contributed by atoms with Crippen LogP contribution in [0.25, 0.3) is 0 Å². The zero-order valence-electron chi connectivity index (χ0n) is 33.6. The van der Waals surface area contributed by atoms with Gasteiger partial charge in [-0.15, -0.1) is 0 Å². The monoisotopic (exact) mass is 860 g/mol. The van der Waals surface area contributed by atoms with Crippen molar-refractivity contribution in [3.63, 3.8) is 0 Å². The number of halogens is 2. The predicted octanol–water partition coefficient (Wildman–Crippen LogP) is 7.88. The van der Waals surface area contributed by atoms with E-state index in [2.05, 4.69) is 32.1 Å². The average Bonchev–Trinajstić information content (AvgIpc) is 3.22. The number of benzene rings is 4. The molecule has 0 saturated heterocycles. The zero-order valence-corrected chi connectivity index (χ0v) is 33.6. The molecular weight excluding hydrogens is 822 g/mol. The fraction of sp³-hybridized carbons (Fsp3) is 0.250. The Balaban J connectivity index is 1.07.